The van der Waals surface area contributed by atoms with Gasteiger partial charge in [-0.2, -0.15) is 0 Å². The molecular weight excluding hydrogens is 609 g/mol. The number of rotatable bonds is 10. The lowest BCUT2D eigenvalue weighted by Gasteiger charge is -2.44. The van der Waals surface area contributed by atoms with Crippen molar-refractivity contribution in [3.8, 4) is 11.5 Å². The standard InChI is InChI=1S/C36H39Cl2N3O4/c1-22-15-32(38)34(16-23(22)2)45-14-13-44-30-11-7-26(8-12-30)31-18-28-20-40(24(3)42)21-33(39-28)35(31)36(43)41(29-9-10-29)19-25-5-4-6-27(37)17-25/h4-8,11-12,15-17,28-29,33,39H,9-10,13-14,18-21H2,1-3H3/t28-,33-/m1/s1. The van der Waals surface area contributed by atoms with E-state index in [0.717, 1.165) is 52.0 Å². The summed E-state index contributed by atoms with van der Waals surface area (Å²) in [5.41, 5.74) is 6.03. The highest BCUT2D eigenvalue weighted by atomic mass is 35.5. The Bertz CT molecular complexity index is 1620. The zero-order valence-corrected chi connectivity index (χ0v) is 27.5. The van der Waals surface area contributed by atoms with Gasteiger partial charge in [-0.3, -0.25) is 9.59 Å². The van der Waals surface area contributed by atoms with Gasteiger partial charge in [0.25, 0.3) is 5.91 Å². The SMILES string of the molecule is CC(=O)N1C[C@H]2CC(c3ccc(OCCOc4cc(C)c(C)cc4Cl)cc3)=C(C(=O)N(Cc3cccc(Cl)c3)C3CC3)[C@@H](C1)N2. The van der Waals surface area contributed by atoms with Gasteiger partial charge in [0, 0.05) is 49.2 Å². The number of piperazine rings is 1. The second-order valence-corrected chi connectivity index (χ2v) is 13.2. The number of carbonyl (C=O) groups excluding carboxylic acids is 2. The summed E-state index contributed by atoms with van der Waals surface area (Å²) in [6.07, 6.45) is 2.63. The van der Waals surface area contributed by atoms with Crippen LogP contribution in [0.25, 0.3) is 5.57 Å². The van der Waals surface area contributed by atoms with Crippen molar-refractivity contribution in [1.82, 2.24) is 15.1 Å². The Morgan fingerprint density at radius 1 is 0.956 bits per heavy atom. The molecule has 1 saturated carbocycles. The molecule has 1 aliphatic carbocycles. The normalized spacial score (nSPS) is 19.4. The molecule has 6 rings (SSSR count). The average Bonchev–Trinajstić information content (AvgIpc) is 3.86. The molecule has 0 radical (unpaired) electrons. The fraction of sp³-hybridized carbons (Fsp3) is 0.389. The first-order valence-corrected chi connectivity index (χ1v) is 16.3. The molecule has 2 aliphatic heterocycles. The van der Waals surface area contributed by atoms with Gasteiger partial charge in [0.2, 0.25) is 5.91 Å². The summed E-state index contributed by atoms with van der Waals surface area (Å²) in [6.45, 7) is 7.97. The third kappa shape index (κ3) is 7.32. The molecule has 3 aromatic rings. The number of amides is 2. The van der Waals surface area contributed by atoms with Crippen molar-refractivity contribution in [2.45, 2.75) is 64.7 Å². The van der Waals surface area contributed by atoms with Crippen LogP contribution in [0.3, 0.4) is 0 Å². The molecule has 1 N–H and O–H groups in total. The summed E-state index contributed by atoms with van der Waals surface area (Å²) in [7, 11) is 0. The number of carbonyl (C=O) groups is 2. The predicted octanol–water partition coefficient (Wildman–Crippen LogP) is 6.61. The monoisotopic (exact) mass is 647 g/mol. The van der Waals surface area contributed by atoms with Gasteiger partial charge in [-0.25, -0.2) is 0 Å². The smallest absolute Gasteiger partial charge is 0.252 e. The zero-order valence-electron chi connectivity index (χ0n) is 25.9. The number of fused-ring (bicyclic) bond motifs is 2. The van der Waals surface area contributed by atoms with Gasteiger partial charge in [-0.05, 0) is 97.3 Å². The van der Waals surface area contributed by atoms with Crippen molar-refractivity contribution < 1.29 is 19.1 Å². The highest BCUT2D eigenvalue weighted by molar-refractivity contribution is 6.32. The lowest BCUT2D eigenvalue weighted by molar-refractivity contribution is -0.132. The molecule has 3 aromatic carbocycles. The molecule has 236 valence electrons. The fourth-order valence-corrected chi connectivity index (χ4v) is 6.78. The van der Waals surface area contributed by atoms with E-state index in [9.17, 15) is 9.59 Å². The predicted molar refractivity (Wildman–Crippen MR) is 178 cm³/mol. The van der Waals surface area contributed by atoms with Crippen LogP contribution in [0.5, 0.6) is 11.5 Å². The van der Waals surface area contributed by atoms with Gasteiger partial charge in [-0.15, -0.1) is 0 Å². The maximum atomic E-state index is 14.5. The van der Waals surface area contributed by atoms with Crippen LogP contribution in [0.15, 0.2) is 66.2 Å². The van der Waals surface area contributed by atoms with E-state index in [1.54, 1.807) is 6.92 Å². The van der Waals surface area contributed by atoms with E-state index in [1.807, 2.05) is 84.3 Å². The highest BCUT2D eigenvalue weighted by Gasteiger charge is 2.43. The first-order chi connectivity index (χ1) is 21.7. The Balaban J connectivity index is 1.22. The van der Waals surface area contributed by atoms with E-state index in [-0.39, 0.29) is 29.9 Å². The van der Waals surface area contributed by atoms with Crippen molar-refractivity contribution in [2.24, 2.45) is 0 Å². The van der Waals surface area contributed by atoms with Crippen molar-refractivity contribution in [1.29, 1.82) is 0 Å². The van der Waals surface area contributed by atoms with Gasteiger partial charge in [0.15, 0.2) is 0 Å². The molecule has 3 aliphatic rings. The number of nitrogens with zero attached hydrogens (tertiary/aromatic N) is 2. The summed E-state index contributed by atoms with van der Waals surface area (Å²) >= 11 is 12.6. The third-order valence-electron chi connectivity index (χ3n) is 8.93. The maximum Gasteiger partial charge on any atom is 0.252 e. The molecular formula is C36H39Cl2N3O4. The van der Waals surface area contributed by atoms with Crippen molar-refractivity contribution >= 4 is 40.6 Å². The molecule has 0 aromatic heterocycles. The van der Waals surface area contributed by atoms with Crippen LogP contribution in [0.4, 0.5) is 0 Å². The molecule has 2 heterocycles. The van der Waals surface area contributed by atoms with E-state index < -0.39 is 0 Å². The summed E-state index contributed by atoms with van der Waals surface area (Å²) in [4.78, 5) is 30.7. The van der Waals surface area contributed by atoms with E-state index in [0.29, 0.717) is 55.1 Å². The number of nitrogens with one attached hydrogen (secondary N) is 1. The molecule has 1 saturated heterocycles. The minimum absolute atomic E-state index is 0.0244. The van der Waals surface area contributed by atoms with Gasteiger partial charge >= 0.3 is 0 Å². The molecule has 9 heteroatoms. The van der Waals surface area contributed by atoms with Crippen LogP contribution in [0.2, 0.25) is 10.0 Å². The highest BCUT2D eigenvalue weighted by Crippen LogP contribution is 2.38. The number of aryl methyl sites for hydroxylation is 2. The number of hydrogen-bond donors (Lipinski definition) is 1. The van der Waals surface area contributed by atoms with Crippen LogP contribution < -0.4 is 14.8 Å². The maximum absolute atomic E-state index is 14.5. The molecule has 0 unspecified atom stereocenters. The van der Waals surface area contributed by atoms with Gasteiger partial charge < -0.3 is 24.6 Å². The van der Waals surface area contributed by atoms with E-state index in [4.69, 9.17) is 32.7 Å². The fourth-order valence-electron chi connectivity index (χ4n) is 6.29. The minimum Gasteiger partial charge on any atom is -0.490 e. The molecule has 2 amide bonds. The average molecular weight is 649 g/mol. The lowest BCUT2D eigenvalue weighted by Crippen LogP contribution is -2.61. The number of benzene rings is 3. The van der Waals surface area contributed by atoms with Gasteiger partial charge in [-0.1, -0.05) is 47.5 Å². The Morgan fingerprint density at radius 3 is 2.40 bits per heavy atom. The van der Waals surface area contributed by atoms with Crippen molar-refractivity contribution in [2.75, 3.05) is 26.3 Å². The Labute approximate surface area is 275 Å². The molecule has 2 bridgehead atoms. The largest absolute Gasteiger partial charge is 0.490 e. The molecule has 7 nitrogen and oxygen atoms in total. The summed E-state index contributed by atoms with van der Waals surface area (Å²) in [5, 5.41) is 4.90. The minimum atomic E-state index is -0.241. The van der Waals surface area contributed by atoms with Gasteiger partial charge in [0.1, 0.15) is 24.7 Å². The molecule has 45 heavy (non-hydrogen) atoms. The quantitative estimate of drug-likeness (QED) is 0.251. The first kappa shape index (κ1) is 31.5. The van der Waals surface area contributed by atoms with Crippen LogP contribution in [0.1, 0.15) is 48.4 Å². The van der Waals surface area contributed by atoms with Crippen LogP contribution >= 0.6 is 23.2 Å². The molecule has 0 spiro atoms. The first-order valence-electron chi connectivity index (χ1n) is 15.6. The number of hydrogen-bond acceptors (Lipinski definition) is 5. The summed E-state index contributed by atoms with van der Waals surface area (Å²) in [6, 6.07) is 19.5. The van der Waals surface area contributed by atoms with Crippen molar-refractivity contribution in [3.05, 3.63) is 98.5 Å². The van der Waals surface area contributed by atoms with Crippen LogP contribution in [-0.4, -0.2) is 66.0 Å². The Hall–Kier alpha value is -3.52. The van der Waals surface area contributed by atoms with E-state index >= 15 is 0 Å². The Morgan fingerprint density at radius 2 is 1.69 bits per heavy atom. The lowest BCUT2D eigenvalue weighted by atomic mass is 9.82. The van der Waals surface area contributed by atoms with Crippen LogP contribution in [0, 0.1) is 13.8 Å². The van der Waals surface area contributed by atoms with Gasteiger partial charge in [0.05, 0.1) is 11.1 Å². The second kappa shape index (κ2) is 13.5. The third-order valence-corrected chi connectivity index (χ3v) is 9.46. The summed E-state index contributed by atoms with van der Waals surface area (Å²) in [5.74, 6) is 1.43. The second-order valence-electron chi connectivity index (χ2n) is 12.3. The topological polar surface area (TPSA) is 71.1 Å². The van der Waals surface area contributed by atoms with Crippen molar-refractivity contribution in [3.63, 3.8) is 0 Å². The number of ether oxygens (including phenoxy) is 2. The van der Waals surface area contributed by atoms with Crippen LogP contribution in [-0.2, 0) is 16.1 Å². The molecule has 2 fully saturated rings. The molecule has 2 atom stereocenters. The van der Waals surface area contributed by atoms with E-state index in [1.165, 1.54) is 0 Å². The van der Waals surface area contributed by atoms with E-state index in [2.05, 4.69) is 5.32 Å². The number of halogens is 2. The summed E-state index contributed by atoms with van der Waals surface area (Å²) < 4.78 is 11.8. The Kier molecular flexibility index (Phi) is 9.41. The zero-order chi connectivity index (χ0) is 31.7.